The molecule has 0 aliphatic heterocycles. The number of aliphatic hydroxyl groups is 1. The van der Waals surface area contributed by atoms with Crippen LogP contribution in [0, 0.1) is 5.82 Å². The quantitative estimate of drug-likeness (QED) is 0.740. The molecule has 2 aromatic rings. The van der Waals surface area contributed by atoms with Crippen LogP contribution < -0.4 is 11.1 Å². The molecule has 0 unspecified atom stereocenters. The maximum atomic E-state index is 13.2. The Balaban J connectivity index is 2.14. The van der Waals surface area contributed by atoms with Crippen molar-refractivity contribution in [3.8, 4) is 0 Å². The van der Waals surface area contributed by atoms with Crippen LogP contribution in [0.15, 0.2) is 42.5 Å². The predicted octanol–water partition coefficient (Wildman–Crippen LogP) is 2.59. The van der Waals surface area contributed by atoms with Crippen LogP contribution in [0.25, 0.3) is 0 Å². The third kappa shape index (κ3) is 4.03. The van der Waals surface area contributed by atoms with E-state index in [2.05, 4.69) is 5.32 Å². The molecule has 0 spiro atoms. The zero-order valence-electron chi connectivity index (χ0n) is 11.5. The number of aliphatic hydroxyl groups excluding tert-OH is 1. The number of benzene rings is 2. The minimum absolute atomic E-state index is 0.107. The van der Waals surface area contributed by atoms with Crippen LogP contribution in [0.5, 0.6) is 0 Å². The Kier molecular flexibility index (Phi) is 4.90. The number of amides is 1. The standard InChI is InChI=1S/C16H17FN2O2/c17-12-6-7-15(18)14(10-12)16(21)19-13-5-1-3-11(9-13)4-2-8-20/h1,3,5-7,9-10,20H,2,4,8,18H2,(H,19,21). The molecule has 0 saturated heterocycles. The lowest BCUT2D eigenvalue weighted by Gasteiger charge is -2.09. The molecule has 0 bridgehead atoms. The highest BCUT2D eigenvalue weighted by molar-refractivity contribution is 6.07. The smallest absolute Gasteiger partial charge is 0.257 e. The first-order valence-corrected chi connectivity index (χ1v) is 6.66. The summed E-state index contributed by atoms with van der Waals surface area (Å²) in [5, 5.41) is 11.5. The Morgan fingerprint density at radius 1 is 1.24 bits per heavy atom. The van der Waals surface area contributed by atoms with Crippen LogP contribution in [-0.4, -0.2) is 17.6 Å². The second-order valence-corrected chi connectivity index (χ2v) is 4.71. The molecule has 21 heavy (non-hydrogen) atoms. The van der Waals surface area contributed by atoms with Crippen LogP contribution in [0.1, 0.15) is 22.3 Å². The lowest BCUT2D eigenvalue weighted by atomic mass is 10.1. The molecule has 1 amide bonds. The van der Waals surface area contributed by atoms with Crippen molar-refractivity contribution in [3.05, 3.63) is 59.4 Å². The number of nitrogen functional groups attached to an aromatic ring is 1. The van der Waals surface area contributed by atoms with Crippen LogP contribution in [-0.2, 0) is 6.42 Å². The minimum atomic E-state index is -0.508. The molecule has 0 aliphatic carbocycles. The van der Waals surface area contributed by atoms with Gasteiger partial charge in [-0.2, -0.15) is 0 Å². The lowest BCUT2D eigenvalue weighted by molar-refractivity contribution is 0.102. The molecule has 0 aliphatic rings. The number of hydrogen-bond donors (Lipinski definition) is 3. The van der Waals surface area contributed by atoms with Gasteiger partial charge in [0, 0.05) is 18.0 Å². The molecule has 2 aromatic carbocycles. The number of rotatable bonds is 5. The molecule has 0 heterocycles. The van der Waals surface area contributed by atoms with Gasteiger partial charge in [-0.15, -0.1) is 0 Å². The minimum Gasteiger partial charge on any atom is -0.398 e. The van der Waals surface area contributed by atoms with Gasteiger partial charge >= 0.3 is 0 Å². The van der Waals surface area contributed by atoms with E-state index in [1.807, 2.05) is 18.2 Å². The topological polar surface area (TPSA) is 75.4 Å². The van der Waals surface area contributed by atoms with Crippen LogP contribution >= 0.6 is 0 Å². The predicted molar refractivity (Wildman–Crippen MR) is 80.6 cm³/mol. The molecule has 0 atom stereocenters. The fourth-order valence-electron chi connectivity index (χ4n) is 2.01. The average Bonchev–Trinajstić information content (AvgIpc) is 2.48. The van der Waals surface area contributed by atoms with Gasteiger partial charge in [-0.05, 0) is 48.7 Å². The molecule has 4 N–H and O–H groups in total. The zero-order chi connectivity index (χ0) is 15.2. The first-order chi connectivity index (χ1) is 10.1. The van der Waals surface area contributed by atoms with E-state index in [4.69, 9.17) is 10.8 Å². The normalized spacial score (nSPS) is 10.4. The van der Waals surface area contributed by atoms with Crippen molar-refractivity contribution in [2.45, 2.75) is 12.8 Å². The van der Waals surface area contributed by atoms with Gasteiger partial charge in [-0.1, -0.05) is 12.1 Å². The van der Waals surface area contributed by atoms with E-state index in [-0.39, 0.29) is 17.9 Å². The van der Waals surface area contributed by atoms with Gasteiger partial charge in [0.05, 0.1) is 5.56 Å². The van der Waals surface area contributed by atoms with E-state index >= 15 is 0 Å². The zero-order valence-corrected chi connectivity index (χ0v) is 11.5. The number of anilines is 2. The monoisotopic (exact) mass is 288 g/mol. The maximum Gasteiger partial charge on any atom is 0.257 e. The van der Waals surface area contributed by atoms with Gasteiger partial charge in [0.15, 0.2) is 0 Å². The number of nitrogens with one attached hydrogen (secondary N) is 1. The number of hydrogen-bond acceptors (Lipinski definition) is 3. The van der Waals surface area contributed by atoms with E-state index < -0.39 is 11.7 Å². The molecule has 0 fully saturated rings. The highest BCUT2D eigenvalue weighted by Gasteiger charge is 2.11. The van der Waals surface area contributed by atoms with E-state index in [0.29, 0.717) is 12.1 Å². The van der Waals surface area contributed by atoms with Gasteiger partial charge in [0.2, 0.25) is 0 Å². The number of carbonyl (C=O) groups is 1. The first kappa shape index (κ1) is 15.0. The average molecular weight is 288 g/mol. The number of nitrogens with two attached hydrogens (primary N) is 1. The molecule has 2 rings (SSSR count). The molecule has 0 aromatic heterocycles. The van der Waals surface area contributed by atoms with E-state index in [9.17, 15) is 9.18 Å². The van der Waals surface area contributed by atoms with E-state index in [1.54, 1.807) is 6.07 Å². The highest BCUT2D eigenvalue weighted by Crippen LogP contribution is 2.17. The summed E-state index contributed by atoms with van der Waals surface area (Å²) in [6.45, 7) is 0.121. The number of halogens is 1. The maximum absolute atomic E-state index is 13.2. The van der Waals surface area contributed by atoms with Crippen molar-refractivity contribution in [2.24, 2.45) is 0 Å². The van der Waals surface area contributed by atoms with Crippen LogP contribution in [0.4, 0.5) is 15.8 Å². The lowest BCUT2D eigenvalue weighted by Crippen LogP contribution is -2.14. The van der Waals surface area contributed by atoms with Crippen LogP contribution in [0.3, 0.4) is 0 Å². The van der Waals surface area contributed by atoms with Crippen molar-refractivity contribution >= 4 is 17.3 Å². The van der Waals surface area contributed by atoms with E-state index in [0.717, 1.165) is 18.1 Å². The largest absolute Gasteiger partial charge is 0.398 e. The van der Waals surface area contributed by atoms with Crippen molar-refractivity contribution in [1.29, 1.82) is 0 Å². The molecular weight excluding hydrogens is 271 g/mol. The number of carbonyl (C=O) groups excluding carboxylic acids is 1. The summed E-state index contributed by atoms with van der Waals surface area (Å²) in [6.07, 6.45) is 1.39. The summed E-state index contributed by atoms with van der Waals surface area (Å²) in [5.41, 5.74) is 7.64. The summed E-state index contributed by atoms with van der Waals surface area (Å²) in [6, 6.07) is 11.0. The summed E-state index contributed by atoms with van der Waals surface area (Å²) in [4.78, 5) is 12.1. The third-order valence-corrected chi connectivity index (χ3v) is 3.07. The van der Waals surface area contributed by atoms with Crippen molar-refractivity contribution < 1.29 is 14.3 Å². The Hall–Kier alpha value is -2.40. The van der Waals surface area contributed by atoms with Gasteiger partial charge in [0.25, 0.3) is 5.91 Å². The Morgan fingerprint density at radius 3 is 2.81 bits per heavy atom. The molecular formula is C16H17FN2O2. The molecule has 0 saturated carbocycles. The Morgan fingerprint density at radius 2 is 2.05 bits per heavy atom. The molecule has 5 heteroatoms. The van der Waals surface area contributed by atoms with Gasteiger partial charge < -0.3 is 16.2 Å². The van der Waals surface area contributed by atoms with Crippen molar-refractivity contribution in [2.75, 3.05) is 17.7 Å². The van der Waals surface area contributed by atoms with Crippen molar-refractivity contribution in [3.63, 3.8) is 0 Å². The van der Waals surface area contributed by atoms with Crippen LogP contribution in [0.2, 0.25) is 0 Å². The molecule has 0 radical (unpaired) electrons. The summed E-state index contributed by atoms with van der Waals surface area (Å²) in [7, 11) is 0. The fourth-order valence-corrected chi connectivity index (χ4v) is 2.01. The number of aryl methyl sites for hydroxylation is 1. The third-order valence-electron chi connectivity index (χ3n) is 3.07. The van der Waals surface area contributed by atoms with Gasteiger partial charge in [0.1, 0.15) is 5.82 Å². The first-order valence-electron chi connectivity index (χ1n) is 6.66. The summed E-state index contributed by atoms with van der Waals surface area (Å²) >= 11 is 0. The Bertz CT molecular complexity index is 644. The molecule has 4 nitrogen and oxygen atoms in total. The second kappa shape index (κ2) is 6.85. The molecule has 110 valence electrons. The van der Waals surface area contributed by atoms with Crippen molar-refractivity contribution in [1.82, 2.24) is 0 Å². The summed E-state index contributed by atoms with van der Waals surface area (Å²) in [5.74, 6) is -0.961. The highest BCUT2D eigenvalue weighted by atomic mass is 19.1. The Labute approximate surface area is 122 Å². The van der Waals surface area contributed by atoms with E-state index in [1.165, 1.54) is 12.1 Å². The SMILES string of the molecule is Nc1ccc(F)cc1C(=O)Nc1cccc(CCCO)c1. The van der Waals surface area contributed by atoms with Gasteiger partial charge in [-0.3, -0.25) is 4.79 Å². The summed E-state index contributed by atoms with van der Waals surface area (Å²) < 4.78 is 13.2. The fraction of sp³-hybridized carbons (Fsp3) is 0.188. The van der Waals surface area contributed by atoms with Gasteiger partial charge in [-0.25, -0.2) is 4.39 Å². The second-order valence-electron chi connectivity index (χ2n) is 4.71.